The lowest BCUT2D eigenvalue weighted by Gasteiger charge is -2.27. The Morgan fingerprint density at radius 3 is 2.45 bits per heavy atom. The van der Waals surface area contributed by atoms with Crippen LogP contribution in [0.5, 0.6) is 0 Å². The molecule has 1 amide bonds. The average molecular weight is 397 g/mol. The molecule has 1 aliphatic heterocycles. The van der Waals surface area contributed by atoms with Crippen molar-refractivity contribution < 1.29 is 23.8 Å². The lowest BCUT2D eigenvalue weighted by molar-refractivity contribution is -0.129. The summed E-state index contributed by atoms with van der Waals surface area (Å²) in [6.45, 7) is 6.78. The molecular formula is C23H27NO5. The van der Waals surface area contributed by atoms with Crippen LogP contribution < -0.4 is 0 Å². The number of hydrogen-bond donors (Lipinski definition) is 1. The van der Waals surface area contributed by atoms with Crippen LogP contribution in [0.3, 0.4) is 0 Å². The second-order valence-electron chi connectivity index (χ2n) is 7.57. The van der Waals surface area contributed by atoms with Crippen molar-refractivity contribution in [2.75, 3.05) is 20.3 Å². The van der Waals surface area contributed by atoms with Crippen LogP contribution in [0.2, 0.25) is 0 Å². The highest BCUT2D eigenvalue weighted by atomic mass is 16.5. The van der Waals surface area contributed by atoms with Gasteiger partial charge in [0, 0.05) is 20.3 Å². The van der Waals surface area contributed by atoms with E-state index in [0.29, 0.717) is 31.3 Å². The molecule has 154 valence electrons. The fourth-order valence-electron chi connectivity index (χ4n) is 3.59. The number of furan rings is 1. The number of benzene rings is 1. The molecule has 6 heteroatoms. The number of hydrogen-bond acceptors (Lipinski definition) is 5. The number of ether oxygens (including phenoxy) is 1. The molecule has 3 rings (SSSR count). The lowest BCUT2D eigenvalue weighted by Crippen LogP contribution is -2.32. The Hall–Kier alpha value is -2.86. The maximum atomic E-state index is 13.1. The summed E-state index contributed by atoms with van der Waals surface area (Å²) in [4.78, 5) is 27.5. The molecule has 1 N–H and O–H groups in total. The van der Waals surface area contributed by atoms with Crippen molar-refractivity contribution in [3.8, 4) is 0 Å². The van der Waals surface area contributed by atoms with Crippen LogP contribution in [0.1, 0.15) is 59.7 Å². The second-order valence-corrected chi connectivity index (χ2v) is 7.57. The predicted molar refractivity (Wildman–Crippen MR) is 109 cm³/mol. The minimum atomic E-state index is -0.668. The number of amides is 1. The molecule has 1 aromatic heterocycles. The van der Waals surface area contributed by atoms with Crippen LogP contribution >= 0.6 is 0 Å². The fourth-order valence-corrected chi connectivity index (χ4v) is 3.59. The largest absolute Gasteiger partial charge is 0.503 e. The first-order valence-corrected chi connectivity index (χ1v) is 9.79. The summed E-state index contributed by atoms with van der Waals surface area (Å²) in [5.74, 6) is -0.476. The molecule has 0 saturated heterocycles. The zero-order chi connectivity index (χ0) is 21.1. The number of carbonyl (C=O) groups is 2. The number of Topliss-reactive ketones (excluding diaryl/α,β-unsaturated/α-hetero) is 1. The Kier molecular flexibility index (Phi) is 6.23. The Morgan fingerprint density at radius 2 is 1.90 bits per heavy atom. The number of aliphatic hydroxyl groups is 1. The van der Waals surface area contributed by atoms with E-state index in [1.165, 1.54) is 4.90 Å². The van der Waals surface area contributed by atoms with E-state index in [9.17, 15) is 14.7 Å². The van der Waals surface area contributed by atoms with Gasteiger partial charge in [0.2, 0.25) is 5.78 Å². The highest BCUT2D eigenvalue weighted by Crippen LogP contribution is 2.39. The third kappa shape index (κ3) is 4.12. The molecule has 0 fully saturated rings. The fraction of sp³-hybridized carbons (Fsp3) is 0.391. The Balaban J connectivity index is 2.02. The number of aliphatic hydroxyl groups excluding tert-OH is 1. The molecule has 29 heavy (non-hydrogen) atoms. The van der Waals surface area contributed by atoms with Crippen molar-refractivity contribution in [1.29, 1.82) is 0 Å². The summed E-state index contributed by atoms with van der Waals surface area (Å²) in [5.41, 5.74) is 1.99. The van der Waals surface area contributed by atoms with Gasteiger partial charge in [-0.1, -0.05) is 38.1 Å². The summed E-state index contributed by atoms with van der Waals surface area (Å²) < 4.78 is 10.6. The molecule has 2 heterocycles. The minimum Gasteiger partial charge on any atom is -0.503 e. The molecule has 0 aliphatic carbocycles. The van der Waals surface area contributed by atoms with Crippen LogP contribution in [0.25, 0.3) is 0 Å². The van der Waals surface area contributed by atoms with Gasteiger partial charge in [-0.15, -0.1) is 0 Å². The van der Waals surface area contributed by atoms with Crippen LogP contribution in [0.15, 0.2) is 52.1 Å². The van der Waals surface area contributed by atoms with Crippen LogP contribution in [-0.4, -0.2) is 42.0 Å². The van der Waals surface area contributed by atoms with Gasteiger partial charge >= 0.3 is 0 Å². The number of rotatable bonds is 8. The maximum absolute atomic E-state index is 13.1. The first-order chi connectivity index (χ1) is 13.8. The normalized spacial score (nSPS) is 16.9. The Morgan fingerprint density at radius 1 is 1.21 bits per heavy atom. The molecule has 1 atom stereocenters. The monoisotopic (exact) mass is 397 g/mol. The third-order valence-electron chi connectivity index (χ3n) is 5.18. The molecule has 6 nitrogen and oxygen atoms in total. The van der Waals surface area contributed by atoms with Crippen molar-refractivity contribution in [2.24, 2.45) is 0 Å². The Bertz CT molecular complexity index is 923. The highest BCUT2D eigenvalue weighted by Gasteiger charge is 2.44. The molecule has 0 radical (unpaired) electrons. The van der Waals surface area contributed by atoms with E-state index in [1.807, 2.05) is 24.3 Å². The van der Waals surface area contributed by atoms with Crippen molar-refractivity contribution in [2.45, 2.75) is 39.2 Å². The summed E-state index contributed by atoms with van der Waals surface area (Å²) in [7, 11) is 1.60. The van der Waals surface area contributed by atoms with Gasteiger partial charge in [0.1, 0.15) is 5.76 Å². The molecular weight excluding hydrogens is 370 g/mol. The number of aryl methyl sites for hydroxylation is 1. The first kappa shape index (κ1) is 20.9. The predicted octanol–water partition coefficient (Wildman–Crippen LogP) is 4.33. The van der Waals surface area contributed by atoms with E-state index >= 15 is 0 Å². The first-order valence-electron chi connectivity index (χ1n) is 9.79. The van der Waals surface area contributed by atoms with Gasteiger partial charge in [0.15, 0.2) is 11.5 Å². The van der Waals surface area contributed by atoms with E-state index in [2.05, 4.69) is 13.8 Å². The number of carbonyl (C=O) groups excluding carboxylic acids is 2. The zero-order valence-corrected chi connectivity index (χ0v) is 17.3. The third-order valence-corrected chi connectivity index (χ3v) is 5.18. The zero-order valence-electron chi connectivity index (χ0n) is 17.3. The SMILES string of the molecule is COCCCN1C(=O)C(O)=C(C(=O)c2ccc(C)o2)[C@H]1c1ccc(C(C)C)cc1. The van der Waals surface area contributed by atoms with Crippen molar-refractivity contribution in [3.63, 3.8) is 0 Å². The number of methoxy groups -OCH3 is 1. The summed E-state index contributed by atoms with van der Waals surface area (Å²) in [6.07, 6.45) is 0.595. The molecule has 2 aromatic rings. The summed E-state index contributed by atoms with van der Waals surface area (Å²) >= 11 is 0. The van der Waals surface area contributed by atoms with E-state index in [4.69, 9.17) is 9.15 Å². The average Bonchev–Trinajstić information content (AvgIpc) is 3.24. The van der Waals surface area contributed by atoms with E-state index < -0.39 is 23.5 Å². The standard InChI is InChI=1S/C23H27NO5/c1-14(2)16-7-9-17(10-8-16)20-19(21(25)18-11-6-15(3)29-18)22(26)23(27)24(20)12-5-13-28-4/h6-11,14,20,26H,5,12-13H2,1-4H3/t20-/m1/s1. The minimum absolute atomic E-state index is 0.0547. The quantitative estimate of drug-likeness (QED) is 0.530. The van der Waals surface area contributed by atoms with Crippen LogP contribution in [0.4, 0.5) is 0 Å². The Labute approximate surface area is 170 Å². The van der Waals surface area contributed by atoms with Gasteiger partial charge in [-0.3, -0.25) is 9.59 Å². The van der Waals surface area contributed by atoms with Crippen LogP contribution in [-0.2, 0) is 9.53 Å². The van der Waals surface area contributed by atoms with Crippen LogP contribution in [0, 0.1) is 6.92 Å². The van der Waals surface area contributed by atoms with E-state index in [0.717, 1.165) is 11.1 Å². The topological polar surface area (TPSA) is 80.0 Å². The van der Waals surface area contributed by atoms with Crippen molar-refractivity contribution >= 4 is 11.7 Å². The molecule has 0 bridgehead atoms. The second kappa shape index (κ2) is 8.66. The molecule has 0 unspecified atom stereocenters. The smallest absolute Gasteiger partial charge is 0.290 e. The highest BCUT2D eigenvalue weighted by molar-refractivity contribution is 6.15. The number of nitrogens with zero attached hydrogens (tertiary/aromatic N) is 1. The molecule has 1 aromatic carbocycles. The maximum Gasteiger partial charge on any atom is 0.290 e. The van der Waals surface area contributed by atoms with Gasteiger partial charge in [-0.25, -0.2) is 0 Å². The molecule has 1 aliphatic rings. The van der Waals surface area contributed by atoms with E-state index in [1.54, 1.807) is 26.2 Å². The summed E-state index contributed by atoms with van der Waals surface area (Å²) in [5, 5.41) is 10.6. The lowest BCUT2D eigenvalue weighted by atomic mass is 9.93. The van der Waals surface area contributed by atoms with Crippen molar-refractivity contribution in [3.05, 3.63) is 70.4 Å². The number of ketones is 1. The summed E-state index contributed by atoms with van der Waals surface area (Å²) in [6, 6.07) is 10.4. The molecule has 0 saturated carbocycles. The molecule has 0 spiro atoms. The van der Waals surface area contributed by atoms with Crippen molar-refractivity contribution in [1.82, 2.24) is 4.90 Å². The van der Waals surface area contributed by atoms with Gasteiger partial charge in [-0.05, 0) is 42.5 Å². The van der Waals surface area contributed by atoms with Gasteiger partial charge < -0.3 is 19.2 Å². The van der Waals surface area contributed by atoms with Gasteiger partial charge in [0.05, 0.1) is 11.6 Å². The van der Waals surface area contributed by atoms with Gasteiger partial charge in [-0.2, -0.15) is 0 Å². The van der Waals surface area contributed by atoms with Gasteiger partial charge in [0.25, 0.3) is 5.91 Å². The van der Waals surface area contributed by atoms with E-state index in [-0.39, 0.29) is 11.3 Å².